The highest BCUT2D eigenvalue weighted by molar-refractivity contribution is 5.95. The number of carbonyl (C=O) groups excluding carboxylic acids is 1. The van der Waals surface area contributed by atoms with Crippen LogP contribution in [0.3, 0.4) is 0 Å². The van der Waals surface area contributed by atoms with E-state index in [0.29, 0.717) is 26.2 Å². The molecule has 0 radical (unpaired) electrons. The highest BCUT2D eigenvalue weighted by Crippen LogP contribution is 2.36. The molecule has 0 saturated carbocycles. The van der Waals surface area contributed by atoms with Crippen LogP contribution in [0, 0.1) is 4.91 Å². The highest BCUT2D eigenvalue weighted by Gasteiger charge is 2.36. The summed E-state index contributed by atoms with van der Waals surface area (Å²) in [5.41, 5.74) is 4.15. The van der Waals surface area contributed by atoms with Gasteiger partial charge in [0.25, 0.3) is 5.91 Å². The summed E-state index contributed by atoms with van der Waals surface area (Å²) < 4.78 is 5.22. The molecule has 1 atom stereocenters. The van der Waals surface area contributed by atoms with Crippen molar-refractivity contribution in [2.24, 2.45) is 5.34 Å². The fourth-order valence-corrected chi connectivity index (χ4v) is 5.13. The molecule has 2 N–H and O–H groups in total. The molecule has 8 heteroatoms. The maximum Gasteiger partial charge on any atom is 0.253 e. The van der Waals surface area contributed by atoms with E-state index in [1.807, 2.05) is 78.9 Å². The zero-order valence-corrected chi connectivity index (χ0v) is 22.1. The molecule has 40 heavy (non-hydrogen) atoms. The van der Waals surface area contributed by atoms with E-state index in [2.05, 4.69) is 52.4 Å². The fourth-order valence-electron chi connectivity index (χ4n) is 5.13. The lowest BCUT2D eigenvalue weighted by molar-refractivity contribution is -0.125. The summed E-state index contributed by atoms with van der Waals surface area (Å²) in [6.07, 6.45) is -0.562. The molecule has 0 aromatic heterocycles. The summed E-state index contributed by atoms with van der Waals surface area (Å²) in [5, 5.41) is 9.84. The molecule has 0 spiro atoms. The average Bonchev–Trinajstić information content (AvgIpc) is 3.02. The molecule has 1 unspecified atom stereocenters. The number of hydrogen-bond acceptors (Lipinski definition) is 7. The molecule has 0 bridgehead atoms. The summed E-state index contributed by atoms with van der Waals surface area (Å²) in [7, 11) is 0. The Balaban J connectivity index is 1.36. The molecule has 0 aliphatic carbocycles. The van der Waals surface area contributed by atoms with Gasteiger partial charge in [-0.3, -0.25) is 10.1 Å². The van der Waals surface area contributed by atoms with Gasteiger partial charge in [0.1, 0.15) is 6.61 Å². The third-order valence-corrected chi connectivity index (χ3v) is 7.11. The molecular formula is C32H32N4O4. The van der Waals surface area contributed by atoms with Gasteiger partial charge in [0.15, 0.2) is 11.4 Å². The Morgan fingerprint density at radius 1 is 0.800 bits per heavy atom. The monoisotopic (exact) mass is 536 g/mol. The van der Waals surface area contributed by atoms with Crippen LogP contribution in [0.15, 0.2) is 121 Å². The number of nitrogens with zero attached hydrogens (tertiary/aromatic N) is 2. The standard InChI is InChI=1S/C32H32N4O4/c37-31-24-39-21-20-36(31)29-18-16-28(17-19-29)33-22-30(40-35-38)23-34-32(25-10-4-1-5-11-25,26-12-6-2-7-13-26)27-14-8-3-9-15-27/h1-19,30,33-34H,20-24H2. The van der Waals surface area contributed by atoms with Crippen molar-refractivity contribution < 1.29 is 14.4 Å². The van der Waals surface area contributed by atoms with Gasteiger partial charge in [-0.05, 0) is 41.0 Å². The topological polar surface area (TPSA) is 92.3 Å². The Labute approximate surface area is 233 Å². The zero-order valence-electron chi connectivity index (χ0n) is 22.1. The third-order valence-electron chi connectivity index (χ3n) is 7.11. The zero-order chi connectivity index (χ0) is 27.6. The first-order chi connectivity index (χ1) is 19.7. The van der Waals surface area contributed by atoms with Gasteiger partial charge >= 0.3 is 0 Å². The van der Waals surface area contributed by atoms with Gasteiger partial charge in [-0.15, -0.1) is 4.91 Å². The van der Waals surface area contributed by atoms with E-state index in [1.165, 1.54) is 0 Å². The quantitative estimate of drug-likeness (QED) is 0.149. The molecule has 1 fully saturated rings. The van der Waals surface area contributed by atoms with E-state index in [0.717, 1.165) is 28.1 Å². The number of hydrogen-bond donors (Lipinski definition) is 2. The Morgan fingerprint density at radius 3 is 1.85 bits per heavy atom. The lowest BCUT2D eigenvalue weighted by Gasteiger charge is -2.38. The summed E-state index contributed by atoms with van der Waals surface area (Å²) in [6.45, 7) is 1.82. The largest absolute Gasteiger partial charge is 0.381 e. The van der Waals surface area contributed by atoms with Crippen molar-refractivity contribution in [1.82, 2.24) is 5.32 Å². The van der Waals surface area contributed by atoms with E-state index in [1.54, 1.807) is 4.90 Å². The van der Waals surface area contributed by atoms with Crippen molar-refractivity contribution in [1.29, 1.82) is 0 Å². The normalized spacial score (nSPS) is 14.4. The van der Waals surface area contributed by atoms with Crippen molar-refractivity contribution in [2.45, 2.75) is 11.6 Å². The summed E-state index contributed by atoms with van der Waals surface area (Å²) in [6, 6.07) is 38.3. The smallest absolute Gasteiger partial charge is 0.253 e. The molecule has 4 aromatic carbocycles. The van der Waals surface area contributed by atoms with Crippen molar-refractivity contribution in [3.8, 4) is 0 Å². The molecule has 8 nitrogen and oxygen atoms in total. The van der Waals surface area contributed by atoms with Crippen LogP contribution in [0.1, 0.15) is 16.7 Å². The first kappa shape index (κ1) is 27.1. The first-order valence-corrected chi connectivity index (χ1v) is 13.3. The predicted molar refractivity (Wildman–Crippen MR) is 156 cm³/mol. The van der Waals surface area contributed by atoms with Crippen LogP contribution in [0.4, 0.5) is 11.4 Å². The number of nitrogens with one attached hydrogen (secondary N) is 2. The van der Waals surface area contributed by atoms with Crippen LogP contribution in [0.5, 0.6) is 0 Å². The van der Waals surface area contributed by atoms with Gasteiger partial charge in [-0.1, -0.05) is 91.0 Å². The molecule has 1 saturated heterocycles. The highest BCUT2D eigenvalue weighted by atomic mass is 16.7. The lowest BCUT2D eigenvalue weighted by Crippen LogP contribution is -2.49. The van der Waals surface area contributed by atoms with Crippen LogP contribution in [0.25, 0.3) is 0 Å². The van der Waals surface area contributed by atoms with Crippen molar-refractivity contribution in [3.63, 3.8) is 0 Å². The number of ether oxygens (including phenoxy) is 1. The second-order valence-electron chi connectivity index (χ2n) is 9.56. The number of carbonyl (C=O) groups is 1. The molecule has 1 heterocycles. The Kier molecular flexibility index (Phi) is 8.80. The summed E-state index contributed by atoms with van der Waals surface area (Å²) in [5.74, 6) is -0.0534. The number of anilines is 2. The van der Waals surface area contributed by atoms with E-state index in [-0.39, 0.29) is 12.5 Å². The Hall–Kier alpha value is -4.53. The molecule has 204 valence electrons. The van der Waals surface area contributed by atoms with Crippen molar-refractivity contribution in [2.75, 3.05) is 43.1 Å². The van der Waals surface area contributed by atoms with E-state index in [9.17, 15) is 9.70 Å². The minimum atomic E-state index is -0.694. The van der Waals surface area contributed by atoms with Gasteiger partial charge in [-0.25, -0.2) is 0 Å². The van der Waals surface area contributed by atoms with Crippen LogP contribution in [-0.2, 0) is 19.9 Å². The maximum atomic E-state index is 12.1. The van der Waals surface area contributed by atoms with E-state index < -0.39 is 11.6 Å². The summed E-state index contributed by atoms with van der Waals surface area (Å²) in [4.78, 5) is 30.4. The van der Waals surface area contributed by atoms with E-state index in [4.69, 9.17) is 9.57 Å². The Bertz CT molecular complexity index is 1270. The van der Waals surface area contributed by atoms with Gasteiger partial charge in [0, 0.05) is 24.5 Å². The minimum absolute atomic E-state index is 0.0534. The molecule has 1 aliphatic heterocycles. The van der Waals surface area contributed by atoms with Crippen LogP contribution in [0.2, 0.25) is 0 Å². The van der Waals surface area contributed by atoms with Crippen LogP contribution in [-0.4, -0.2) is 44.9 Å². The van der Waals surface area contributed by atoms with E-state index >= 15 is 0 Å². The maximum absolute atomic E-state index is 12.1. The lowest BCUT2D eigenvalue weighted by atomic mass is 9.77. The number of amides is 1. The minimum Gasteiger partial charge on any atom is -0.381 e. The number of morpholine rings is 1. The summed E-state index contributed by atoms with van der Waals surface area (Å²) >= 11 is 0. The molecule has 5 rings (SSSR count). The van der Waals surface area contributed by atoms with Crippen LogP contribution < -0.4 is 15.5 Å². The molecule has 1 amide bonds. The third kappa shape index (κ3) is 6.03. The van der Waals surface area contributed by atoms with Gasteiger partial charge < -0.3 is 19.8 Å². The SMILES string of the molecule is O=NOC(CNc1ccc(N2CCOCC2=O)cc1)CNC(c1ccccc1)(c1ccccc1)c1ccccc1. The molecule has 4 aromatic rings. The van der Waals surface area contributed by atoms with Crippen molar-refractivity contribution >= 4 is 17.3 Å². The predicted octanol–water partition coefficient (Wildman–Crippen LogP) is 5.11. The Morgan fingerprint density at radius 2 is 1.35 bits per heavy atom. The second-order valence-corrected chi connectivity index (χ2v) is 9.56. The first-order valence-electron chi connectivity index (χ1n) is 13.3. The molecule has 1 aliphatic rings. The van der Waals surface area contributed by atoms with Crippen molar-refractivity contribution in [3.05, 3.63) is 137 Å². The van der Waals surface area contributed by atoms with Gasteiger partial charge in [-0.2, -0.15) is 0 Å². The number of rotatable bonds is 12. The molecular weight excluding hydrogens is 504 g/mol. The van der Waals surface area contributed by atoms with Gasteiger partial charge in [0.05, 0.1) is 18.7 Å². The fraction of sp³-hybridized carbons (Fsp3) is 0.219. The van der Waals surface area contributed by atoms with Gasteiger partial charge in [0.2, 0.25) is 0 Å². The van der Waals surface area contributed by atoms with Crippen LogP contribution >= 0.6 is 0 Å². The number of benzene rings is 4. The average molecular weight is 537 g/mol. The second kappa shape index (κ2) is 13.0.